The molecule has 0 radical (unpaired) electrons. The number of carbonyl (C=O) groups is 1. The van der Waals surface area contributed by atoms with E-state index in [1.807, 2.05) is 0 Å². The van der Waals surface area contributed by atoms with Crippen LogP contribution in [0.2, 0.25) is 5.02 Å². The Hall–Kier alpha value is -0.800. The summed E-state index contributed by atoms with van der Waals surface area (Å²) in [5.74, 6) is -0.204. The molecule has 14 heavy (non-hydrogen) atoms. The first-order chi connectivity index (χ1) is 6.69. The van der Waals surface area contributed by atoms with E-state index in [0.29, 0.717) is 17.2 Å². The highest BCUT2D eigenvalue weighted by Gasteiger charge is 2.10. The van der Waals surface area contributed by atoms with E-state index in [1.165, 1.54) is 12.3 Å². The van der Waals surface area contributed by atoms with Gasteiger partial charge in [0.25, 0.3) is 0 Å². The number of hydrogen-bond donors (Lipinski definition) is 0. The van der Waals surface area contributed by atoms with Crippen LogP contribution in [0.1, 0.15) is 23.0 Å². The van der Waals surface area contributed by atoms with Gasteiger partial charge in [-0.2, -0.15) is 0 Å². The number of rotatable bonds is 3. The number of hydrogen-bond acceptors (Lipinski definition) is 3. The molecule has 0 bridgehead atoms. The van der Waals surface area contributed by atoms with Crippen LogP contribution in [0.25, 0.3) is 0 Å². The molecule has 0 atom stereocenters. The summed E-state index contributed by atoms with van der Waals surface area (Å²) in [5.41, 5.74) is 0.895. The second-order valence-corrected chi connectivity index (χ2v) is 3.19. The van der Waals surface area contributed by atoms with Gasteiger partial charge in [0.05, 0.1) is 12.5 Å². The molecular weight excluding hydrogens is 225 g/mol. The Bertz CT molecular complexity index is 342. The van der Waals surface area contributed by atoms with Gasteiger partial charge in [-0.3, -0.25) is 0 Å². The smallest absolute Gasteiger partial charge is 0.356 e. The van der Waals surface area contributed by atoms with E-state index < -0.39 is 5.97 Å². The van der Waals surface area contributed by atoms with Crippen molar-refractivity contribution in [2.24, 2.45) is 0 Å². The number of alkyl halides is 1. The SMILES string of the molecule is CCOC(=O)c1cc(Cl)c(CCl)cn1. The summed E-state index contributed by atoms with van der Waals surface area (Å²) in [7, 11) is 0. The molecule has 0 N–H and O–H groups in total. The molecule has 0 spiro atoms. The molecule has 0 aliphatic carbocycles. The summed E-state index contributed by atoms with van der Waals surface area (Å²) < 4.78 is 4.76. The molecule has 1 heterocycles. The fraction of sp³-hybridized carbons (Fsp3) is 0.333. The third-order valence-electron chi connectivity index (χ3n) is 1.56. The van der Waals surface area contributed by atoms with Crippen LogP contribution in [0.5, 0.6) is 0 Å². The Labute approximate surface area is 92.0 Å². The Balaban J connectivity index is 2.91. The van der Waals surface area contributed by atoms with Gasteiger partial charge in [0.1, 0.15) is 5.69 Å². The number of aromatic nitrogens is 1. The van der Waals surface area contributed by atoms with E-state index in [2.05, 4.69) is 4.98 Å². The maximum absolute atomic E-state index is 11.2. The minimum atomic E-state index is -0.476. The van der Waals surface area contributed by atoms with E-state index in [0.717, 1.165) is 0 Å². The Kier molecular flexibility index (Phi) is 4.17. The topological polar surface area (TPSA) is 39.2 Å². The van der Waals surface area contributed by atoms with E-state index in [-0.39, 0.29) is 11.6 Å². The largest absolute Gasteiger partial charge is 0.461 e. The van der Waals surface area contributed by atoms with Crippen LogP contribution in [-0.2, 0) is 10.6 Å². The predicted octanol–water partition coefficient (Wildman–Crippen LogP) is 2.65. The van der Waals surface area contributed by atoms with Gasteiger partial charge in [0.15, 0.2) is 0 Å². The molecule has 5 heteroatoms. The predicted molar refractivity (Wildman–Crippen MR) is 54.8 cm³/mol. The molecule has 0 saturated heterocycles. The standard InChI is InChI=1S/C9H9Cl2NO2/c1-2-14-9(13)8-3-7(11)6(4-10)5-12-8/h3,5H,2,4H2,1H3. The number of ether oxygens (including phenoxy) is 1. The van der Waals surface area contributed by atoms with Crippen molar-refractivity contribution >= 4 is 29.2 Å². The summed E-state index contributed by atoms with van der Waals surface area (Å²) in [6, 6.07) is 1.46. The molecular formula is C9H9Cl2NO2. The van der Waals surface area contributed by atoms with Gasteiger partial charge in [0.2, 0.25) is 0 Å². The number of pyridine rings is 1. The van der Waals surface area contributed by atoms with Crippen molar-refractivity contribution in [3.63, 3.8) is 0 Å². The van der Waals surface area contributed by atoms with Gasteiger partial charge in [-0.25, -0.2) is 9.78 Å². The molecule has 0 aromatic carbocycles. The van der Waals surface area contributed by atoms with Crippen LogP contribution in [0.15, 0.2) is 12.3 Å². The third kappa shape index (κ3) is 2.59. The monoisotopic (exact) mass is 233 g/mol. The quantitative estimate of drug-likeness (QED) is 0.596. The molecule has 76 valence electrons. The fourth-order valence-electron chi connectivity index (χ4n) is 0.874. The van der Waals surface area contributed by atoms with Crippen LogP contribution < -0.4 is 0 Å². The first kappa shape index (κ1) is 11.3. The van der Waals surface area contributed by atoms with E-state index in [4.69, 9.17) is 27.9 Å². The highest BCUT2D eigenvalue weighted by atomic mass is 35.5. The van der Waals surface area contributed by atoms with Crippen molar-refractivity contribution in [3.8, 4) is 0 Å². The van der Waals surface area contributed by atoms with Crippen LogP contribution in [0.4, 0.5) is 0 Å². The Morgan fingerprint density at radius 1 is 1.64 bits per heavy atom. The minimum Gasteiger partial charge on any atom is -0.461 e. The molecule has 3 nitrogen and oxygen atoms in total. The molecule has 1 rings (SSSR count). The molecule has 0 unspecified atom stereocenters. The van der Waals surface area contributed by atoms with Gasteiger partial charge < -0.3 is 4.74 Å². The highest BCUT2D eigenvalue weighted by molar-refractivity contribution is 6.32. The van der Waals surface area contributed by atoms with Gasteiger partial charge in [-0.05, 0) is 13.0 Å². The lowest BCUT2D eigenvalue weighted by Crippen LogP contribution is -2.07. The first-order valence-corrected chi connectivity index (χ1v) is 4.97. The van der Waals surface area contributed by atoms with Gasteiger partial charge in [-0.1, -0.05) is 11.6 Å². The van der Waals surface area contributed by atoms with E-state index in [9.17, 15) is 4.79 Å². The zero-order chi connectivity index (χ0) is 10.6. The summed E-state index contributed by atoms with van der Waals surface area (Å²) in [4.78, 5) is 15.1. The Morgan fingerprint density at radius 3 is 2.86 bits per heavy atom. The number of nitrogens with zero attached hydrogens (tertiary/aromatic N) is 1. The van der Waals surface area contributed by atoms with Crippen molar-refractivity contribution < 1.29 is 9.53 Å². The average molecular weight is 234 g/mol. The van der Waals surface area contributed by atoms with Crippen molar-refractivity contribution in [1.29, 1.82) is 0 Å². The highest BCUT2D eigenvalue weighted by Crippen LogP contribution is 2.17. The zero-order valence-corrected chi connectivity index (χ0v) is 9.10. The van der Waals surface area contributed by atoms with Crippen LogP contribution in [0.3, 0.4) is 0 Å². The lowest BCUT2D eigenvalue weighted by atomic mass is 10.3. The number of halogens is 2. The second-order valence-electron chi connectivity index (χ2n) is 2.52. The summed E-state index contributed by atoms with van der Waals surface area (Å²) in [6.07, 6.45) is 1.47. The fourth-order valence-corrected chi connectivity index (χ4v) is 1.37. The van der Waals surface area contributed by atoms with Gasteiger partial charge in [0, 0.05) is 16.8 Å². The molecule has 1 aromatic rings. The molecule has 0 aliphatic rings. The lowest BCUT2D eigenvalue weighted by Gasteiger charge is -2.03. The number of carbonyl (C=O) groups excluding carboxylic acids is 1. The maximum atomic E-state index is 11.2. The van der Waals surface area contributed by atoms with Crippen molar-refractivity contribution in [2.75, 3.05) is 6.61 Å². The van der Waals surface area contributed by atoms with Crippen LogP contribution in [0, 0.1) is 0 Å². The third-order valence-corrected chi connectivity index (χ3v) is 2.20. The van der Waals surface area contributed by atoms with E-state index in [1.54, 1.807) is 6.92 Å². The summed E-state index contributed by atoms with van der Waals surface area (Å²) in [5, 5.41) is 0.429. The maximum Gasteiger partial charge on any atom is 0.356 e. The normalized spacial score (nSPS) is 9.93. The molecule has 1 aromatic heterocycles. The van der Waals surface area contributed by atoms with Crippen molar-refractivity contribution in [2.45, 2.75) is 12.8 Å². The van der Waals surface area contributed by atoms with E-state index >= 15 is 0 Å². The molecule has 0 aliphatic heterocycles. The molecule has 0 saturated carbocycles. The first-order valence-electron chi connectivity index (χ1n) is 4.06. The second kappa shape index (κ2) is 5.17. The Morgan fingerprint density at radius 2 is 2.36 bits per heavy atom. The molecule has 0 amide bonds. The van der Waals surface area contributed by atoms with Crippen molar-refractivity contribution in [1.82, 2.24) is 4.98 Å². The van der Waals surface area contributed by atoms with Crippen molar-refractivity contribution in [3.05, 3.63) is 28.5 Å². The zero-order valence-electron chi connectivity index (χ0n) is 7.59. The summed E-state index contributed by atoms with van der Waals surface area (Å²) >= 11 is 11.4. The summed E-state index contributed by atoms with van der Waals surface area (Å²) in [6.45, 7) is 2.04. The lowest BCUT2D eigenvalue weighted by molar-refractivity contribution is 0.0519. The van der Waals surface area contributed by atoms with Crippen LogP contribution >= 0.6 is 23.2 Å². The minimum absolute atomic E-state index is 0.200. The van der Waals surface area contributed by atoms with Gasteiger partial charge >= 0.3 is 5.97 Å². The van der Waals surface area contributed by atoms with Crippen LogP contribution in [-0.4, -0.2) is 17.6 Å². The average Bonchev–Trinajstić information content (AvgIpc) is 2.18. The molecule has 0 fully saturated rings. The van der Waals surface area contributed by atoms with Gasteiger partial charge in [-0.15, -0.1) is 11.6 Å². The number of esters is 1.